The van der Waals surface area contributed by atoms with Gasteiger partial charge in [-0.15, -0.1) is 0 Å². The molecule has 2 saturated heterocycles. The second kappa shape index (κ2) is 7.39. The van der Waals surface area contributed by atoms with Gasteiger partial charge in [0.05, 0.1) is 5.02 Å². The average molecular weight is 444 g/mol. The normalized spacial score (nSPS) is 25.1. The number of fused-ring (bicyclic) bond motifs is 2. The first-order valence-electron chi connectivity index (χ1n) is 8.91. The molecule has 7 heteroatoms. The average Bonchev–Trinajstić information content (AvgIpc) is 2.78. The van der Waals surface area contributed by atoms with Crippen molar-refractivity contribution < 1.29 is 14.3 Å². The van der Waals surface area contributed by atoms with Crippen molar-refractivity contribution in [1.82, 2.24) is 10.2 Å². The predicted octanol–water partition coefficient (Wildman–Crippen LogP) is 4.76. The zero-order chi connectivity index (χ0) is 19.1. The summed E-state index contributed by atoms with van der Waals surface area (Å²) < 4.78 is 6.07. The fraction of sp³-hybridized carbons (Fsp3) is 0.579. The number of alkyl carbamates (subject to hydrolysis) is 1. The van der Waals surface area contributed by atoms with E-state index in [1.807, 2.05) is 25.7 Å². The maximum Gasteiger partial charge on any atom is 0.407 e. The minimum Gasteiger partial charge on any atom is -0.444 e. The Bertz CT molecular complexity index is 705. The molecule has 5 nitrogen and oxygen atoms in total. The molecule has 3 rings (SSSR count). The summed E-state index contributed by atoms with van der Waals surface area (Å²) in [7, 11) is 0. The highest BCUT2D eigenvalue weighted by atomic mass is 79.9. The first-order valence-corrected chi connectivity index (χ1v) is 10.1. The van der Waals surface area contributed by atoms with Gasteiger partial charge in [0.1, 0.15) is 5.60 Å². The Labute approximate surface area is 167 Å². The summed E-state index contributed by atoms with van der Waals surface area (Å²) in [6, 6.07) is 5.61. The van der Waals surface area contributed by atoms with E-state index in [-0.39, 0.29) is 30.1 Å². The molecule has 1 aromatic carbocycles. The standard InChI is InChI=1S/C19H24BrClN2O3/c1-19(2,3)26-18(25)22-12-9-13-5-6-14(10-12)23(13)17(24)11-4-7-16(21)15(20)8-11/h4,7-8,12-14H,5-6,9-10H2,1-3H3,(H,22,25)/t12-,13-,14+. The van der Waals surface area contributed by atoms with Gasteiger partial charge in [0.2, 0.25) is 0 Å². The number of nitrogens with one attached hydrogen (secondary N) is 1. The Kier molecular flexibility index (Phi) is 5.54. The van der Waals surface area contributed by atoms with Crippen molar-refractivity contribution in [2.24, 2.45) is 0 Å². The third-order valence-electron chi connectivity index (χ3n) is 4.86. The number of hydrogen-bond acceptors (Lipinski definition) is 3. The molecule has 26 heavy (non-hydrogen) atoms. The molecule has 2 fully saturated rings. The lowest BCUT2D eigenvalue weighted by atomic mass is 9.96. The highest BCUT2D eigenvalue weighted by molar-refractivity contribution is 9.10. The topological polar surface area (TPSA) is 58.6 Å². The number of carbonyl (C=O) groups is 2. The third-order valence-corrected chi connectivity index (χ3v) is 6.07. The maximum atomic E-state index is 13.0. The van der Waals surface area contributed by atoms with Gasteiger partial charge in [0.25, 0.3) is 5.91 Å². The highest BCUT2D eigenvalue weighted by Crippen LogP contribution is 2.37. The maximum absolute atomic E-state index is 13.0. The molecule has 2 aliphatic heterocycles. The molecule has 1 aromatic rings. The van der Waals surface area contributed by atoms with Gasteiger partial charge in [-0.25, -0.2) is 4.79 Å². The molecule has 0 aliphatic carbocycles. The monoisotopic (exact) mass is 442 g/mol. The number of benzene rings is 1. The first kappa shape index (κ1) is 19.5. The van der Waals surface area contributed by atoms with Crippen molar-refractivity contribution >= 4 is 39.5 Å². The van der Waals surface area contributed by atoms with Crippen LogP contribution in [0.15, 0.2) is 22.7 Å². The van der Waals surface area contributed by atoms with Crippen LogP contribution in [0.3, 0.4) is 0 Å². The van der Waals surface area contributed by atoms with E-state index in [1.165, 1.54) is 0 Å². The van der Waals surface area contributed by atoms with Gasteiger partial charge in [-0.2, -0.15) is 0 Å². The Hall–Kier alpha value is -1.27. The Balaban J connectivity index is 1.66. The number of hydrogen-bond donors (Lipinski definition) is 1. The van der Waals surface area contributed by atoms with Crippen LogP contribution in [0, 0.1) is 0 Å². The lowest BCUT2D eigenvalue weighted by molar-refractivity contribution is 0.0418. The fourth-order valence-corrected chi connectivity index (χ4v) is 4.38. The van der Waals surface area contributed by atoms with Gasteiger partial charge in [-0.1, -0.05) is 11.6 Å². The molecule has 0 unspecified atom stereocenters. The molecule has 2 heterocycles. The van der Waals surface area contributed by atoms with Gasteiger partial charge in [-0.05, 0) is 80.6 Å². The molecule has 2 bridgehead atoms. The third kappa shape index (κ3) is 4.34. The Morgan fingerprint density at radius 1 is 1.23 bits per heavy atom. The van der Waals surface area contributed by atoms with Crippen LogP contribution < -0.4 is 5.32 Å². The van der Waals surface area contributed by atoms with Gasteiger partial charge in [0.15, 0.2) is 0 Å². The second-order valence-electron chi connectivity index (χ2n) is 8.04. The molecule has 142 valence electrons. The molecule has 3 atom stereocenters. The molecular formula is C19H24BrClN2O3. The van der Waals surface area contributed by atoms with E-state index >= 15 is 0 Å². The number of halogens is 2. The molecule has 0 spiro atoms. The van der Waals surface area contributed by atoms with E-state index in [0.717, 1.165) is 30.2 Å². The van der Waals surface area contributed by atoms with Crippen LogP contribution in [0.5, 0.6) is 0 Å². The number of nitrogens with zero attached hydrogens (tertiary/aromatic N) is 1. The van der Waals surface area contributed by atoms with Crippen LogP contribution >= 0.6 is 27.5 Å². The van der Waals surface area contributed by atoms with Crippen molar-refractivity contribution in [3.8, 4) is 0 Å². The first-order chi connectivity index (χ1) is 12.1. The predicted molar refractivity (Wildman–Crippen MR) is 105 cm³/mol. The van der Waals surface area contributed by atoms with Crippen molar-refractivity contribution in [1.29, 1.82) is 0 Å². The van der Waals surface area contributed by atoms with E-state index in [0.29, 0.717) is 10.6 Å². The minimum atomic E-state index is -0.512. The number of amides is 2. The van der Waals surface area contributed by atoms with Crippen LogP contribution in [0.4, 0.5) is 4.79 Å². The summed E-state index contributed by atoms with van der Waals surface area (Å²) in [5.74, 6) is 0.0329. The van der Waals surface area contributed by atoms with Crippen molar-refractivity contribution in [2.75, 3.05) is 0 Å². The van der Waals surface area contributed by atoms with E-state index in [4.69, 9.17) is 16.3 Å². The second-order valence-corrected chi connectivity index (χ2v) is 9.30. The van der Waals surface area contributed by atoms with Crippen LogP contribution in [-0.4, -0.2) is 40.6 Å². The SMILES string of the molecule is CC(C)(C)OC(=O)N[C@@H]1C[C@H]2CC[C@@H](C1)N2C(=O)c1ccc(Cl)c(Br)c1. The summed E-state index contributed by atoms with van der Waals surface area (Å²) in [5, 5.41) is 3.56. The van der Waals surface area contributed by atoms with Crippen LogP contribution in [0.2, 0.25) is 5.02 Å². The van der Waals surface area contributed by atoms with Crippen molar-refractivity contribution in [3.05, 3.63) is 33.3 Å². The summed E-state index contributed by atoms with van der Waals surface area (Å²) >= 11 is 9.41. The van der Waals surface area contributed by atoms with Gasteiger partial charge >= 0.3 is 6.09 Å². The zero-order valence-electron chi connectivity index (χ0n) is 15.2. The van der Waals surface area contributed by atoms with E-state index in [2.05, 4.69) is 21.2 Å². The van der Waals surface area contributed by atoms with Gasteiger partial charge in [-0.3, -0.25) is 4.79 Å². The summed E-state index contributed by atoms with van der Waals surface area (Å²) in [6.07, 6.45) is 3.07. The molecule has 2 aliphatic rings. The lowest BCUT2D eigenvalue weighted by Gasteiger charge is -2.39. The lowest BCUT2D eigenvalue weighted by Crippen LogP contribution is -2.53. The van der Waals surface area contributed by atoms with Crippen molar-refractivity contribution in [3.63, 3.8) is 0 Å². The van der Waals surface area contributed by atoms with E-state index < -0.39 is 5.60 Å². The Morgan fingerprint density at radius 2 is 1.85 bits per heavy atom. The van der Waals surface area contributed by atoms with Gasteiger partial charge in [0, 0.05) is 28.2 Å². The van der Waals surface area contributed by atoms with Gasteiger partial charge < -0.3 is 15.0 Å². The fourth-order valence-electron chi connectivity index (χ4n) is 3.88. The van der Waals surface area contributed by atoms with Crippen LogP contribution in [0.1, 0.15) is 56.8 Å². The van der Waals surface area contributed by atoms with E-state index in [9.17, 15) is 9.59 Å². The summed E-state index contributed by atoms with van der Waals surface area (Å²) in [6.45, 7) is 5.55. The van der Waals surface area contributed by atoms with E-state index in [1.54, 1.807) is 18.2 Å². The van der Waals surface area contributed by atoms with Crippen molar-refractivity contribution in [2.45, 2.75) is 70.2 Å². The quantitative estimate of drug-likeness (QED) is 0.717. The summed E-state index contributed by atoms with van der Waals surface area (Å²) in [5.41, 5.74) is 0.124. The highest BCUT2D eigenvalue weighted by Gasteiger charge is 2.44. The zero-order valence-corrected chi connectivity index (χ0v) is 17.6. The number of ether oxygens (including phenoxy) is 1. The smallest absolute Gasteiger partial charge is 0.407 e. The number of piperidine rings is 1. The Morgan fingerprint density at radius 3 is 2.38 bits per heavy atom. The largest absolute Gasteiger partial charge is 0.444 e. The molecular weight excluding hydrogens is 420 g/mol. The molecule has 1 N–H and O–H groups in total. The molecule has 2 amide bonds. The van der Waals surface area contributed by atoms with Crippen LogP contribution in [0.25, 0.3) is 0 Å². The molecule has 0 radical (unpaired) electrons. The number of carbonyl (C=O) groups excluding carboxylic acids is 2. The molecule has 0 aromatic heterocycles. The summed E-state index contributed by atoms with van der Waals surface area (Å²) in [4.78, 5) is 27.0. The van der Waals surface area contributed by atoms with Crippen LogP contribution in [-0.2, 0) is 4.74 Å². The molecule has 0 saturated carbocycles. The minimum absolute atomic E-state index is 0.0329. The number of rotatable bonds is 2.